The third-order valence-corrected chi connectivity index (χ3v) is 2.68. The van der Waals surface area contributed by atoms with Crippen LogP contribution in [0.25, 0.3) is 0 Å². The maximum Gasteiger partial charge on any atom is 0.324 e. The van der Waals surface area contributed by atoms with E-state index in [0.29, 0.717) is 16.9 Å². The van der Waals surface area contributed by atoms with E-state index in [1.54, 1.807) is 18.2 Å². The lowest BCUT2D eigenvalue weighted by molar-refractivity contribution is -0.125. The maximum atomic E-state index is 11.5. The molecule has 0 saturated carbocycles. The van der Waals surface area contributed by atoms with E-state index < -0.39 is 6.03 Å². The van der Waals surface area contributed by atoms with Crippen LogP contribution >= 0.6 is 0 Å². The lowest BCUT2D eigenvalue weighted by atomic mass is 10.1. The Morgan fingerprint density at radius 2 is 2.28 bits per heavy atom. The van der Waals surface area contributed by atoms with Crippen LogP contribution < -0.4 is 10.1 Å². The summed E-state index contributed by atoms with van der Waals surface area (Å²) >= 11 is 0. The number of benzene rings is 1. The smallest absolute Gasteiger partial charge is 0.324 e. The SMILES string of the molecule is COc1ccc(C#N)cc1CN1C(=O)CNC1=O. The third kappa shape index (κ3) is 2.11. The Balaban J connectivity index is 2.30. The van der Waals surface area contributed by atoms with Crippen molar-refractivity contribution in [3.05, 3.63) is 29.3 Å². The fourth-order valence-corrected chi connectivity index (χ4v) is 1.76. The standard InChI is InChI=1S/C12H11N3O3/c1-18-10-3-2-8(5-13)4-9(10)7-15-11(16)6-14-12(15)17/h2-4H,6-7H2,1H3,(H,14,17). The monoisotopic (exact) mass is 245 g/mol. The van der Waals surface area contributed by atoms with E-state index in [4.69, 9.17) is 10.00 Å². The zero-order valence-electron chi connectivity index (χ0n) is 9.77. The Morgan fingerprint density at radius 1 is 1.50 bits per heavy atom. The first kappa shape index (κ1) is 11.9. The molecular formula is C12H11N3O3. The highest BCUT2D eigenvalue weighted by Crippen LogP contribution is 2.22. The molecule has 0 radical (unpaired) electrons. The van der Waals surface area contributed by atoms with E-state index >= 15 is 0 Å². The number of nitrogens with zero attached hydrogens (tertiary/aromatic N) is 2. The van der Waals surface area contributed by atoms with Crippen molar-refractivity contribution in [2.45, 2.75) is 6.54 Å². The Labute approximate surface area is 104 Å². The summed E-state index contributed by atoms with van der Waals surface area (Å²) in [5.74, 6) is 0.255. The van der Waals surface area contributed by atoms with Gasteiger partial charge in [-0.1, -0.05) is 0 Å². The Kier molecular flexibility index (Phi) is 3.15. The minimum atomic E-state index is -0.426. The van der Waals surface area contributed by atoms with Crippen LogP contribution in [0.5, 0.6) is 5.75 Å². The minimum Gasteiger partial charge on any atom is -0.496 e. The summed E-state index contributed by atoms with van der Waals surface area (Å²) in [7, 11) is 1.50. The third-order valence-electron chi connectivity index (χ3n) is 2.68. The quantitative estimate of drug-likeness (QED) is 0.791. The predicted octanol–water partition coefficient (Wildman–Crippen LogP) is 0.619. The molecule has 0 bridgehead atoms. The van der Waals surface area contributed by atoms with Gasteiger partial charge < -0.3 is 10.1 Å². The molecule has 92 valence electrons. The van der Waals surface area contributed by atoms with Crippen LogP contribution in [0.3, 0.4) is 0 Å². The Hall–Kier alpha value is -2.55. The van der Waals surface area contributed by atoms with Gasteiger partial charge in [-0.05, 0) is 18.2 Å². The molecule has 6 heteroatoms. The lowest BCUT2D eigenvalue weighted by Crippen LogP contribution is -2.30. The van der Waals surface area contributed by atoms with Crippen molar-refractivity contribution in [1.82, 2.24) is 10.2 Å². The van der Waals surface area contributed by atoms with E-state index in [-0.39, 0.29) is 19.0 Å². The second-order valence-corrected chi connectivity index (χ2v) is 3.78. The number of urea groups is 1. The number of methoxy groups -OCH3 is 1. The summed E-state index contributed by atoms with van der Waals surface area (Å²) in [5, 5.41) is 11.3. The number of amides is 3. The highest BCUT2D eigenvalue weighted by atomic mass is 16.5. The fourth-order valence-electron chi connectivity index (χ4n) is 1.76. The molecule has 1 heterocycles. The van der Waals surface area contributed by atoms with Crippen molar-refractivity contribution >= 4 is 11.9 Å². The molecule has 0 atom stereocenters. The van der Waals surface area contributed by atoms with Gasteiger partial charge in [0, 0.05) is 5.56 Å². The molecule has 0 aromatic heterocycles. The predicted molar refractivity (Wildman–Crippen MR) is 61.7 cm³/mol. The number of nitriles is 1. The van der Waals surface area contributed by atoms with E-state index in [1.807, 2.05) is 6.07 Å². The molecule has 3 amide bonds. The van der Waals surface area contributed by atoms with Crippen LogP contribution in [0.15, 0.2) is 18.2 Å². The number of nitrogens with one attached hydrogen (secondary N) is 1. The van der Waals surface area contributed by atoms with Crippen LogP contribution in [0.4, 0.5) is 4.79 Å². The zero-order chi connectivity index (χ0) is 13.1. The van der Waals surface area contributed by atoms with E-state index in [0.717, 1.165) is 4.90 Å². The lowest BCUT2D eigenvalue weighted by Gasteiger charge is -2.15. The molecule has 0 unspecified atom stereocenters. The number of hydrogen-bond donors (Lipinski definition) is 1. The molecule has 0 spiro atoms. The van der Waals surface area contributed by atoms with Crippen LogP contribution in [-0.4, -0.2) is 30.5 Å². The van der Waals surface area contributed by atoms with Gasteiger partial charge in [-0.2, -0.15) is 5.26 Å². The number of ether oxygens (including phenoxy) is 1. The van der Waals surface area contributed by atoms with Gasteiger partial charge in [0.2, 0.25) is 5.91 Å². The maximum absolute atomic E-state index is 11.5. The number of rotatable bonds is 3. The molecule has 18 heavy (non-hydrogen) atoms. The summed E-state index contributed by atoms with van der Waals surface area (Å²) in [6.45, 7) is 0.114. The summed E-state index contributed by atoms with van der Waals surface area (Å²) in [4.78, 5) is 24.0. The van der Waals surface area contributed by atoms with Gasteiger partial charge in [-0.15, -0.1) is 0 Å². The number of hydrogen-bond acceptors (Lipinski definition) is 4. The largest absolute Gasteiger partial charge is 0.496 e. The first-order chi connectivity index (χ1) is 8.65. The first-order valence-corrected chi connectivity index (χ1v) is 5.31. The Bertz CT molecular complexity index is 532. The van der Waals surface area contributed by atoms with Crippen molar-refractivity contribution in [2.75, 3.05) is 13.7 Å². The van der Waals surface area contributed by atoms with Gasteiger partial charge in [0.15, 0.2) is 0 Å². The molecular weight excluding hydrogens is 234 g/mol. The first-order valence-electron chi connectivity index (χ1n) is 5.31. The molecule has 6 nitrogen and oxygen atoms in total. The van der Waals surface area contributed by atoms with Gasteiger partial charge in [0.05, 0.1) is 31.8 Å². The van der Waals surface area contributed by atoms with Gasteiger partial charge in [0.1, 0.15) is 5.75 Å². The second-order valence-electron chi connectivity index (χ2n) is 3.78. The molecule has 1 fully saturated rings. The van der Waals surface area contributed by atoms with Gasteiger partial charge in [-0.3, -0.25) is 9.69 Å². The highest BCUT2D eigenvalue weighted by Gasteiger charge is 2.29. The van der Waals surface area contributed by atoms with Crippen LogP contribution in [0.2, 0.25) is 0 Å². The van der Waals surface area contributed by atoms with Gasteiger partial charge >= 0.3 is 6.03 Å². The van der Waals surface area contributed by atoms with E-state index in [1.165, 1.54) is 7.11 Å². The molecule has 1 aliphatic rings. The van der Waals surface area contributed by atoms with Crippen molar-refractivity contribution in [3.63, 3.8) is 0 Å². The molecule has 1 N–H and O–H groups in total. The Morgan fingerprint density at radius 3 is 2.83 bits per heavy atom. The van der Waals surface area contributed by atoms with Crippen molar-refractivity contribution in [1.29, 1.82) is 5.26 Å². The summed E-state index contributed by atoms with van der Waals surface area (Å²) in [6.07, 6.45) is 0. The fraction of sp³-hybridized carbons (Fsp3) is 0.250. The van der Waals surface area contributed by atoms with Crippen molar-refractivity contribution < 1.29 is 14.3 Å². The average molecular weight is 245 g/mol. The molecule has 1 aromatic rings. The average Bonchev–Trinajstić information content (AvgIpc) is 2.70. The number of carbonyl (C=O) groups excluding carboxylic acids is 2. The zero-order valence-corrected chi connectivity index (χ0v) is 9.77. The molecule has 0 aliphatic carbocycles. The van der Waals surface area contributed by atoms with E-state index in [2.05, 4.69) is 5.32 Å². The van der Waals surface area contributed by atoms with Crippen LogP contribution in [0.1, 0.15) is 11.1 Å². The van der Waals surface area contributed by atoms with Crippen LogP contribution in [0, 0.1) is 11.3 Å². The second kappa shape index (κ2) is 4.75. The molecule has 1 aromatic carbocycles. The van der Waals surface area contributed by atoms with Crippen molar-refractivity contribution in [3.8, 4) is 11.8 Å². The molecule has 1 saturated heterocycles. The van der Waals surface area contributed by atoms with E-state index in [9.17, 15) is 9.59 Å². The van der Waals surface area contributed by atoms with Crippen LogP contribution in [-0.2, 0) is 11.3 Å². The summed E-state index contributed by atoms with van der Waals surface area (Å²) in [6, 6.07) is 6.45. The molecule has 1 aliphatic heterocycles. The van der Waals surface area contributed by atoms with Gasteiger partial charge in [-0.25, -0.2) is 4.79 Å². The summed E-state index contributed by atoms with van der Waals surface area (Å²) in [5.41, 5.74) is 1.08. The van der Waals surface area contributed by atoms with Crippen molar-refractivity contribution in [2.24, 2.45) is 0 Å². The highest BCUT2D eigenvalue weighted by molar-refractivity contribution is 6.01. The van der Waals surface area contributed by atoms with Gasteiger partial charge in [0.25, 0.3) is 0 Å². The summed E-state index contributed by atoms with van der Waals surface area (Å²) < 4.78 is 5.15. The minimum absolute atomic E-state index is 0.0130. The number of imide groups is 1. The molecule has 2 rings (SSSR count). The topological polar surface area (TPSA) is 82.4 Å². The number of carbonyl (C=O) groups is 2. The normalized spacial score (nSPS) is 14.3.